The molecule has 0 heterocycles. The van der Waals surface area contributed by atoms with E-state index in [9.17, 15) is 0 Å². The van der Waals surface area contributed by atoms with E-state index < -0.39 is 0 Å². The maximum absolute atomic E-state index is 8.39. The normalized spacial score (nSPS) is 9.75. The molecule has 0 bridgehead atoms. The molecule has 0 aliphatic heterocycles. The number of rotatable bonds is 8. The fourth-order valence-electron chi connectivity index (χ4n) is 1.99. The van der Waals surface area contributed by atoms with E-state index >= 15 is 0 Å². The highest BCUT2D eigenvalue weighted by Gasteiger charge is 2.11. The van der Waals surface area contributed by atoms with E-state index in [1.54, 1.807) is 7.11 Å². The fraction of sp³-hybridized carbons (Fsp3) is 0.562. The van der Waals surface area contributed by atoms with Crippen LogP contribution in [-0.4, -0.2) is 30.9 Å². The van der Waals surface area contributed by atoms with Gasteiger partial charge in [-0.2, -0.15) is 0 Å². The molecule has 20 heavy (non-hydrogen) atoms. The summed E-state index contributed by atoms with van der Waals surface area (Å²) in [6.45, 7) is 6.30. The third-order valence-electron chi connectivity index (χ3n) is 3.22. The molecule has 1 N–H and O–H groups in total. The summed E-state index contributed by atoms with van der Waals surface area (Å²) in [5.74, 6) is 1.42. The first kappa shape index (κ1) is 18.8. The number of amidine groups is 1. The molecule has 0 aliphatic rings. The second kappa shape index (κ2) is 10.6. The number of halogens is 1. The molecule has 0 spiro atoms. The van der Waals surface area contributed by atoms with Crippen molar-refractivity contribution in [2.45, 2.75) is 39.5 Å². The lowest BCUT2D eigenvalue weighted by atomic mass is 10.1. The summed E-state index contributed by atoms with van der Waals surface area (Å²) in [6, 6.07) is 7.78. The summed E-state index contributed by atoms with van der Waals surface area (Å²) in [5, 5.41) is 8.39. The lowest BCUT2D eigenvalue weighted by Crippen LogP contribution is -2.33. The Bertz CT molecular complexity index is 388. The molecule has 3 nitrogen and oxygen atoms in total. The molecule has 0 atom stereocenters. The summed E-state index contributed by atoms with van der Waals surface area (Å²) in [7, 11) is 1.66. The number of ether oxygens (including phenoxy) is 1. The van der Waals surface area contributed by atoms with E-state index in [1.165, 1.54) is 0 Å². The van der Waals surface area contributed by atoms with Crippen molar-refractivity contribution in [2.75, 3.05) is 20.2 Å². The van der Waals surface area contributed by atoms with Gasteiger partial charge in [-0.25, -0.2) is 0 Å². The smallest absolute Gasteiger partial charge is 0.128 e. The van der Waals surface area contributed by atoms with E-state index in [1.807, 2.05) is 24.3 Å². The van der Waals surface area contributed by atoms with Crippen molar-refractivity contribution in [1.82, 2.24) is 4.90 Å². The molecule has 114 valence electrons. The van der Waals surface area contributed by atoms with Crippen LogP contribution in [0.15, 0.2) is 24.3 Å². The first-order chi connectivity index (χ1) is 9.22. The molecule has 0 saturated heterocycles. The zero-order chi connectivity index (χ0) is 14.1. The molecule has 0 fully saturated rings. The molecule has 1 rings (SSSR count). The Morgan fingerprint density at radius 2 is 1.75 bits per heavy atom. The molecule has 0 aromatic heterocycles. The van der Waals surface area contributed by atoms with E-state index in [0.717, 1.165) is 50.1 Å². The number of nitrogens with zero attached hydrogens (tertiary/aromatic N) is 1. The van der Waals surface area contributed by atoms with Crippen LogP contribution in [0, 0.1) is 5.41 Å². The Balaban J connectivity index is 0.00000361. The molecule has 0 radical (unpaired) electrons. The average Bonchev–Trinajstić information content (AvgIpc) is 2.47. The van der Waals surface area contributed by atoms with Gasteiger partial charge in [-0.15, -0.1) is 12.4 Å². The quantitative estimate of drug-likeness (QED) is 0.572. The van der Waals surface area contributed by atoms with Crippen molar-refractivity contribution >= 4 is 18.2 Å². The van der Waals surface area contributed by atoms with E-state index in [-0.39, 0.29) is 12.4 Å². The van der Waals surface area contributed by atoms with E-state index in [2.05, 4.69) is 18.7 Å². The average molecular weight is 299 g/mol. The topological polar surface area (TPSA) is 36.3 Å². The zero-order valence-corrected chi connectivity index (χ0v) is 13.6. The summed E-state index contributed by atoms with van der Waals surface area (Å²) < 4.78 is 5.23. The SMILES string of the molecule is CCCCN(CCCC)C(=N)c1cccc(OC)c1.Cl. The lowest BCUT2D eigenvalue weighted by Gasteiger charge is -2.25. The second-order valence-electron chi connectivity index (χ2n) is 4.77. The highest BCUT2D eigenvalue weighted by Crippen LogP contribution is 2.15. The Morgan fingerprint density at radius 3 is 2.25 bits per heavy atom. The standard InChI is InChI=1S/C16H26N2O.ClH/c1-4-6-11-18(12-7-5-2)16(17)14-9-8-10-15(13-14)19-3;/h8-10,13,17H,4-7,11-12H2,1-3H3;1H. The van der Waals surface area contributed by atoms with Crippen LogP contribution in [0.1, 0.15) is 45.1 Å². The molecule has 0 amide bonds. The Morgan fingerprint density at radius 1 is 1.15 bits per heavy atom. The molecule has 0 unspecified atom stereocenters. The van der Waals surface area contributed by atoms with Gasteiger partial charge in [0.05, 0.1) is 7.11 Å². The van der Waals surface area contributed by atoms with E-state index in [4.69, 9.17) is 10.1 Å². The molecule has 4 heteroatoms. The molecule has 1 aromatic rings. The largest absolute Gasteiger partial charge is 0.497 e. The van der Waals surface area contributed by atoms with Crippen molar-refractivity contribution in [1.29, 1.82) is 5.41 Å². The summed E-state index contributed by atoms with van der Waals surface area (Å²) in [6.07, 6.45) is 4.59. The van der Waals surface area contributed by atoms with Gasteiger partial charge in [0.25, 0.3) is 0 Å². The first-order valence-electron chi connectivity index (χ1n) is 7.20. The van der Waals surface area contributed by atoms with Gasteiger partial charge in [0.15, 0.2) is 0 Å². The van der Waals surface area contributed by atoms with Crippen LogP contribution in [0.5, 0.6) is 5.75 Å². The maximum Gasteiger partial charge on any atom is 0.128 e. The summed E-state index contributed by atoms with van der Waals surface area (Å²) in [5.41, 5.74) is 0.937. The lowest BCUT2D eigenvalue weighted by molar-refractivity contribution is 0.395. The number of unbranched alkanes of at least 4 members (excludes halogenated alkanes) is 2. The van der Waals surface area contributed by atoms with Crippen LogP contribution in [-0.2, 0) is 0 Å². The van der Waals surface area contributed by atoms with Crippen molar-refractivity contribution in [3.63, 3.8) is 0 Å². The molecular weight excluding hydrogens is 272 g/mol. The number of hydrogen-bond donors (Lipinski definition) is 1. The van der Waals surface area contributed by atoms with Gasteiger partial charge in [-0.3, -0.25) is 5.41 Å². The minimum Gasteiger partial charge on any atom is -0.497 e. The Kier molecular flexibility index (Phi) is 9.91. The van der Waals surface area contributed by atoms with Crippen LogP contribution >= 0.6 is 12.4 Å². The minimum absolute atomic E-state index is 0. The van der Waals surface area contributed by atoms with Crippen molar-refractivity contribution in [2.24, 2.45) is 0 Å². The number of nitrogens with one attached hydrogen (secondary N) is 1. The van der Waals surface area contributed by atoms with E-state index in [0.29, 0.717) is 5.84 Å². The Hall–Kier alpha value is -1.22. The zero-order valence-electron chi connectivity index (χ0n) is 12.8. The molecular formula is C16H27ClN2O. The van der Waals surface area contributed by atoms with Crippen molar-refractivity contribution in [3.8, 4) is 5.75 Å². The summed E-state index contributed by atoms with van der Waals surface area (Å²) >= 11 is 0. The van der Waals surface area contributed by atoms with Crippen LogP contribution in [0.2, 0.25) is 0 Å². The van der Waals surface area contributed by atoms with Gasteiger partial charge in [-0.1, -0.05) is 38.8 Å². The number of benzene rings is 1. The Labute approximate surface area is 129 Å². The highest BCUT2D eigenvalue weighted by molar-refractivity contribution is 5.96. The van der Waals surface area contributed by atoms with Gasteiger partial charge in [0.2, 0.25) is 0 Å². The summed E-state index contributed by atoms with van der Waals surface area (Å²) in [4.78, 5) is 2.18. The van der Waals surface area contributed by atoms with Gasteiger partial charge >= 0.3 is 0 Å². The third kappa shape index (κ3) is 5.83. The minimum atomic E-state index is 0. The second-order valence-corrected chi connectivity index (χ2v) is 4.77. The molecule has 0 aliphatic carbocycles. The fourth-order valence-corrected chi connectivity index (χ4v) is 1.99. The molecule has 0 saturated carbocycles. The van der Waals surface area contributed by atoms with Gasteiger partial charge in [-0.05, 0) is 25.0 Å². The predicted molar refractivity (Wildman–Crippen MR) is 88.5 cm³/mol. The maximum atomic E-state index is 8.39. The molecule has 1 aromatic carbocycles. The number of hydrogen-bond acceptors (Lipinski definition) is 2. The third-order valence-corrected chi connectivity index (χ3v) is 3.22. The van der Waals surface area contributed by atoms with Crippen LogP contribution in [0.4, 0.5) is 0 Å². The van der Waals surface area contributed by atoms with Crippen LogP contribution in [0.3, 0.4) is 0 Å². The number of methoxy groups -OCH3 is 1. The highest BCUT2D eigenvalue weighted by atomic mass is 35.5. The van der Waals surface area contributed by atoms with Crippen LogP contribution < -0.4 is 4.74 Å². The predicted octanol–water partition coefficient (Wildman–Crippen LogP) is 4.34. The first-order valence-corrected chi connectivity index (χ1v) is 7.20. The van der Waals surface area contributed by atoms with Crippen molar-refractivity contribution < 1.29 is 4.74 Å². The van der Waals surface area contributed by atoms with Crippen molar-refractivity contribution in [3.05, 3.63) is 29.8 Å². The van der Waals surface area contributed by atoms with Gasteiger partial charge in [0, 0.05) is 18.7 Å². The van der Waals surface area contributed by atoms with Gasteiger partial charge < -0.3 is 9.64 Å². The van der Waals surface area contributed by atoms with Gasteiger partial charge in [0.1, 0.15) is 11.6 Å². The monoisotopic (exact) mass is 298 g/mol. The van der Waals surface area contributed by atoms with Crippen LogP contribution in [0.25, 0.3) is 0 Å².